The van der Waals surface area contributed by atoms with Crippen molar-refractivity contribution in [1.82, 2.24) is 10.2 Å². The number of hydrogen-bond donors (Lipinski definition) is 2. The summed E-state index contributed by atoms with van der Waals surface area (Å²) in [5.74, 6) is 1.62. The van der Waals surface area contributed by atoms with Crippen LogP contribution in [0.5, 0.6) is 11.5 Å². The molecule has 2 heterocycles. The van der Waals surface area contributed by atoms with Gasteiger partial charge in [-0.2, -0.15) is 0 Å². The number of methoxy groups -OCH3 is 1. The fourth-order valence-electron chi connectivity index (χ4n) is 3.72. The Balaban J connectivity index is 0.00000144. The summed E-state index contributed by atoms with van der Waals surface area (Å²) in [6.07, 6.45) is 2.07. The number of aromatic hydroxyl groups is 1. The van der Waals surface area contributed by atoms with Crippen molar-refractivity contribution in [2.24, 2.45) is 5.92 Å². The Hall–Kier alpha value is -0.720. The smallest absolute Gasteiger partial charge is 0.127 e. The van der Waals surface area contributed by atoms with Crippen LogP contribution in [-0.4, -0.2) is 56.5 Å². The molecule has 3 rings (SSSR count). The zero-order chi connectivity index (χ0) is 15.4. The van der Waals surface area contributed by atoms with Crippen LogP contribution in [0.25, 0.3) is 0 Å². The van der Waals surface area contributed by atoms with Crippen LogP contribution < -0.4 is 10.1 Å². The number of rotatable bonds is 4. The van der Waals surface area contributed by atoms with Crippen LogP contribution in [0.2, 0.25) is 0 Å². The van der Waals surface area contributed by atoms with E-state index >= 15 is 0 Å². The lowest BCUT2D eigenvalue weighted by molar-refractivity contribution is 0.0199. The van der Waals surface area contributed by atoms with Gasteiger partial charge in [-0.25, -0.2) is 0 Å². The third-order valence-electron chi connectivity index (χ3n) is 4.82. The minimum Gasteiger partial charge on any atom is -0.507 e. The normalized spacial score (nSPS) is 20.5. The summed E-state index contributed by atoms with van der Waals surface area (Å²) in [5.41, 5.74) is 0.943. The zero-order valence-corrected chi connectivity index (χ0v) is 15.7. The lowest BCUT2D eigenvalue weighted by atomic mass is 9.84. The minimum absolute atomic E-state index is 0. The summed E-state index contributed by atoms with van der Waals surface area (Å²) < 4.78 is 11.1. The lowest BCUT2D eigenvalue weighted by Gasteiger charge is -2.41. The summed E-state index contributed by atoms with van der Waals surface area (Å²) in [5, 5.41) is 13.9. The maximum atomic E-state index is 10.5. The van der Waals surface area contributed by atoms with Gasteiger partial charge in [-0.1, -0.05) is 6.07 Å². The van der Waals surface area contributed by atoms with Crippen molar-refractivity contribution < 1.29 is 14.6 Å². The van der Waals surface area contributed by atoms with E-state index in [0.29, 0.717) is 11.7 Å². The van der Waals surface area contributed by atoms with E-state index in [1.54, 1.807) is 13.2 Å². The first-order valence-corrected chi connectivity index (χ1v) is 8.19. The van der Waals surface area contributed by atoms with Crippen LogP contribution in [0.1, 0.15) is 24.4 Å². The second kappa shape index (κ2) is 10.3. The van der Waals surface area contributed by atoms with Gasteiger partial charge in [0.1, 0.15) is 11.5 Å². The monoisotopic (exact) mass is 378 g/mol. The first-order valence-electron chi connectivity index (χ1n) is 8.19. The maximum absolute atomic E-state index is 10.5. The van der Waals surface area contributed by atoms with Gasteiger partial charge in [-0.3, -0.25) is 4.90 Å². The van der Waals surface area contributed by atoms with Crippen molar-refractivity contribution in [3.8, 4) is 11.5 Å². The van der Waals surface area contributed by atoms with Crippen molar-refractivity contribution in [2.75, 3.05) is 46.5 Å². The molecule has 0 amide bonds. The fraction of sp³-hybridized carbons (Fsp3) is 0.647. The molecule has 7 heteroatoms. The van der Waals surface area contributed by atoms with E-state index < -0.39 is 0 Å². The molecule has 138 valence electrons. The molecular weight excluding hydrogens is 351 g/mol. The van der Waals surface area contributed by atoms with Crippen molar-refractivity contribution >= 4 is 24.8 Å². The average Bonchev–Trinajstić information content (AvgIpc) is 2.58. The molecule has 2 aliphatic rings. The highest BCUT2D eigenvalue weighted by molar-refractivity contribution is 5.85. The van der Waals surface area contributed by atoms with Gasteiger partial charge in [0.15, 0.2) is 0 Å². The quantitative estimate of drug-likeness (QED) is 0.843. The number of halogens is 2. The van der Waals surface area contributed by atoms with Crippen LogP contribution in [0.15, 0.2) is 18.2 Å². The Labute approximate surface area is 156 Å². The van der Waals surface area contributed by atoms with Crippen LogP contribution in [0.3, 0.4) is 0 Å². The van der Waals surface area contributed by atoms with Gasteiger partial charge in [0, 0.05) is 45.4 Å². The molecule has 2 saturated heterocycles. The Morgan fingerprint density at radius 1 is 1.21 bits per heavy atom. The molecule has 0 bridgehead atoms. The molecule has 0 saturated carbocycles. The summed E-state index contributed by atoms with van der Waals surface area (Å²) in [7, 11) is 1.68. The van der Waals surface area contributed by atoms with Crippen LogP contribution in [-0.2, 0) is 4.74 Å². The highest BCUT2D eigenvalue weighted by Crippen LogP contribution is 2.43. The Morgan fingerprint density at radius 2 is 1.88 bits per heavy atom. The molecule has 5 nitrogen and oxygen atoms in total. The number of nitrogens with zero attached hydrogens (tertiary/aromatic N) is 1. The van der Waals surface area contributed by atoms with E-state index in [-0.39, 0.29) is 30.9 Å². The number of phenols is 1. The van der Waals surface area contributed by atoms with Gasteiger partial charge in [0.25, 0.3) is 0 Å². The fourth-order valence-corrected chi connectivity index (χ4v) is 3.72. The molecule has 24 heavy (non-hydrogen) atoms. The third kappa shape index (κ3) is 4.67. The Kier molecular flexibility index (Phi) is 9.16. The first-order chi connectivity index (χ1) is 10.8. The van der Waals surface area contributed by atoms with E-state index in [9.17, 15) is 5.11 Å². The van der Waals surface area contributed by atoms with Crippen LogP contribution in [0.4, 0.5) is 0 Å². The van der Waals surface area contributed by atoms with Crippen molar-refractivity contribution in [3.05, 3.63) is 23.8 Å². The standard InChI is InChI=1S/C17H26N2O3.2ClH/c1-21-15-4-2-3-14(20)16(15)17(13-5-11-22-12-6-13)19-9-7-18-8-10-19;;/h2-4,13,17-18,20H,5-12H2,1H3;2*1H/t17-;;/m1../s1. The molecule has 1 aromatic carbocycles. The lowest BCUT2D eigenvalue weighted by Crippen LogP contribution is -2.47. The molecule has 2 fully saturated rings. The summed E-state index contributed by atoms with van der Waals surface area (Å²) >= 11 is 0. The van der Waals surface area contributed by atoms with Crippen LogP contribution in [0, 0.1) is 5.92 Å². The molecule has 0 spiro atoms. The molecule has 0 unspecified atom stereocenters. The van der Waals surface area contributed by atoms with Gasteiger partial charge in [-0.05, 0) is 30.9 Å². The van der Waals surface area contributed by atoms with Gasteiger partial charge < -0.3 is 19.9 Å². The van der Waals surface area contributed by atoms with Gasteiger partial charge in [-0.15, -0.1) is 24.8 Å². The SMILES string of the molecule is COc1cccc(O)c1[C@@H](C1CCOCC1)N1CCNCC1.Cl.Cl. The molecule has 1 atom stereocenters. The zero-order valence-electron chi connectivity index (χ0n) is 14.1. The van der Waals surface area contributed by atoms with E-state index in [1.165, 1.54) is 0 Å². The minimum atomic E-state index is 0. The first kappa shape index (κ1) is 21.3. The number of piperazine rings is 1. The molecule has 2 aliphatic heterocycles. The maximum Gasteiger partial charge on any atom is 0.127 e. The highest BCUT2D eigenvalue weighted by atomic mass is 35.5. The molecular formula is C17H28Cl2N2O3. The average molecular weight is 379 g/mol. The molecule has 2 N–H and O–H groups in total. The van der Waals surface area contributed by atoms with E-state index in [0.717, 1.165) is 63.5 Å². The number of benzene rings is 1. The summed E-state index contributed by atoms with van der Waals surface area (Å²) in [6, 6.07) is 5.76. The van der Waals surface area contributed by atoms with E-state index in [2.05, 4.69) is 10.2 Å². The van der Waals surface area contributed by atoms with E-state index in [4.69, 9.17) is 9.47 Å². The topological polar surface area (TPSA) is 54.0 Å². The van der Waals surface area contributed by atoms with Crippen molar-refractivity contribution in [1.29, 1.82) is 0 Å². The number of hydrogen-bond acceptors (Lipinski definition) is 5. The van der Waals surface area contributed by atoms with Gasteiger partial charge >= 0.3 is 0 Å². The van der Waals surface area contributed by atoms with Crippen molar-refractivity contribution in [2.45, 2.75) is 18.9 Å². The summed E-state index contributed by atoms with van der Waals surface area (Å²) in [4.78, 5) is 2.49. The number of nitrogens with one attached hydrogen (secondary N) is 1. The molecule has 0 aromatic heterocycles. The van der Waals surface area contributed by atoms with Gasteiger partial charge in [0.2, 0.25) is 0 Å². The predicted molar refractivity (Wildman–Crippen MR) is 99.9 cm³/mol. The predicted octanol–water partition coefficient (Wildman–Crippen LogP) is 2.62. The van der Waals surface area contributed by atoms with Gasteiger partial charge in [0.05, 0.1) is 12.7 Å². The Morgan fingerprint density at radius 3 is 2.50 bits per heavy atom. The van der Waals surface area contributed by atoms with E-state index in [1.807, 2.05) is 12.1 Å². The van der Waals surface area contributed by atoms with Crippen molar-refractivity contribution in [3.63, 3.8) is 0 Å². The molecule has 0 aliphatic carbocycles. The largest absolute Gasteiger partial charge is 0.507 e. The number of ether oxygens (including phenoxy) is 2. The second-order valence-corrected chi connectivity index (χ2v) is 6.07. The highest BCUT2D eigenvalue weighted by Gasteiger charge is 2.34. The summed E-state index contributed by atoms with van der Waals surface area (Å²) in [6.45, 7) is 5.61. The molecule has 0 radical (unpaired) electrons. The third-order valence-corrected chi connectivity index (χ3v) is 4.82. The van der Waals surface area contributed by atoms with Crippen LogP contribution >= 0.6 is 24.8 Å². The second-order valence-electron chi connectivity index (χ2n) is 6.07. The Bertz CT molecular complexity index is 475. The number of phenolic OH excluding ortho intramolecular Hbond substituents is 1. The molecule has 1 aromatic rings.